The summed E-state index contributed by atoms with van der Waals surface area (Å²) in [6.07, 6.45) is 0. The molecule has 3 aromatic carbocycles. The second-order valence-electron chi connectivity index (χ2n) is 8.55. The lowest BCUT2D eigenvalue weighted by atomic mass is 10.1. The fourth-order valence-corrected chi connectivity index (χ4v) is 5.76. The fourth-order valence-electron chi connectivity index (χ4n) is 3.85. The van der Waals surface area contributed by atoms with E-state index in [9.17, 15) is 18.0 Å². The highest BCUT2D eigenvalue weighted by Crippen LogP contribution is 2.34. The van der Waals surface area contributed by atoms with Crippen LogP contribution >= 0.6 is 23.2 Å². The van der Waals surface area contributed by atoms with Gasteiger partial charge in [0.2, 0.25) is 11.8 Å². The van der Waals surface area contributed by atoms with Crippen LogP contribution in [0.15, 0.2) is 71.6 Å². The Morgan fingerprint density at radius 2 is 1.71 bits per heavy atom. The molecule has 0 bridgehead atoms. The minimum absolute atomic E-state index is 0.00278. The van der Waals surface area contributed by atoms with Gasteiger partial charge in [-0.2, -0.15) is 0 Å². The number of carbonyl (C=O) groups excluding carboxylic acids is 2. The largest absolute Gasteiger partial charge is 0.495 e. The highest BCUT2D eigenvalue weighted by atomic mass is 35.5. The Labute approximate surface area is 233 Å². The van der Waals surface area contributed by atoms with E-state index in [-0.39, 0.29) is 22.9 Å². The molecule has 2 amide bonds. The standard InChI is InChI=1S/C27H29Cl2N3O5S/c1-18-10-13-25(37-4)24(14-18)32(38(35,36)22-8-6-5-7-9-22)17-26(33)31(19(2)27(34)30-3)16-20-11-12-21(28)15-23(20)29/h5-15,19H,16-17H2,1-4H3,(H,30,34)/t19-/m0/s1. The van der Waals surface area contributed by atoms with Gasteiger partial charge in [-0.15, -0.1) is 0 Å². The minimum atomic E-state index is -4.21. The first-order valence-corrected chi connectivity index (χ1v) is 13.9. The summed E-state index contributed by atoms with van der Waals surface area (Å²) < 4.78 is 34.2. The topological polar surface area (TPSA) is 96.0 Å². The number of anilines is 1. The quantitative estimate of drug-likeness (QED) is 0.378. The number of amides is 2. The molecule has 0 aliphatic carbocycles. The van der Waals surface area contributed by atoms with Gasteiger partial charge in [-0.1, -0.05) is 53.5 Å². The molecule has 8 nitrogen and oxygen atoms in total. The third-order valence-corrected chi connectivity index (χ3v) is 8.34. The second kappa shape index (κ2) is 12.5. The van der Waals surface area contributed by atoms with Crippen molar-refractivity contribution >= 4 is 50.7 Å². The summed E-state index contributed by atoms with van der Waals surface area (Å²) in [5.41, 5.74) is 1.51. The number of ether oxygens (including phenoxy) is 1. The maximum absolute atomic E-state index is 13.9. The lowest BCUT2D eigenvalue weighted by Crippen LogP contribution is -2.50. The zero-order valence-electron chi connectivity index (χ0n) is 21.4. The Morgan fingerprint density at radius 1 is 1.03 bits per heavy atom. The first-order valence-electron chi connectivity index (χ1n) is 11.7. The Hall–Kier alpha value is -3.27. The summed E-state index contributed by atoms with van der Waals surface area (Å²) in [4.78, 5) is 27.7. The third-order valence-electron chi connectivity index (χ3n) is 5.98. The van der Waals surface area contributed by atoms with E-state index in [4.69, 9.17) is 27.9 Å². The zero-order valence-corrected chi connectivity index (χ0v) is 23.8. The summed E-state index contributed by atoms with van der Waals surface area (Å²) in [6, 6.07) is 16.7. The van der Waals surface area contributed by atoms with Crippen molar-refractivity contribution in [1.82, 2.24) is 10.2 Å². The van der Waals surface area contributed by atoms with E-state index in [2.05, 4.69) is 5.32 Å². The molecule has 3 rings (SSSR count). The van der Waals surface area contributed by atoms with Gasteiger partial charge in [-0.25, -0.2) is 8.42 Å². The second-order valence-corrected chi connectivity index (χ2v) is 11.3. The number of hydrogen-bond donors (Lipinski definition) is 1. The van der Waals surface area contributed by atoms with Crippen LogP contribution in [-0.2, 0) is 26.2 Å². The van der Waals surface area contributed by atoms with E-state index < -0.39 is 34.4 Å². The number of hydrogen-bond acceptors (Lipinski definition) is 5. The molecule has 202 valence electrons. The SMILES string of the molecule is CNC(=O)[C@H](C)N(Cc1ccc(Cl)cc1Cl)C(=O)CN(c1cc(C)ccc1OC)S(=O)(=O)c1ccccc1. The van der Waals surface area contributed by atoms with E-state index in [1.165, 1.54) is 37.3 Å². The number of carbonyl (C=O) groups is 2. The van der Waals surface area contributed by atoms with Crippen molar-refractivity contribution in [2.45, 2.75) is 31.3 Å². The van der Waals surface area contributed by atoms with E-state index in [1.807, 2.05) is 0 Å². The molecule has 3 aromatic rings. The number of halogens is 2. The van der Waals surface area contributed by atoms with Crippen LogP contribution in [0.25, 0.3) is 0 Å². The summed E-state index contributed by atoms with van der Waals surface area (Å²) in [7, 11) is -1.33. The molecule has 1 N–H and O–H groups in total. The highest BCUT2D eigenvalue weighted by molar-refractivity contribution is 7.92. The van der Waals surface area contributed by atoms with Crippen LogP contribution in [0.1, 0.15) is 18.1 Å². The Balaban J connectivity index is 2.11. The van der Waals surface area contributed by atoms with Crippen molar-refractivity contribution in [2.24, 2.45) is 0 Å². The van der Waals surface area contributed by atoms with Gasteiger partial charge < -0.3 is 15.0 Å². The number of likely N-dealkylation sites (N-methyl/N-ethyl adjacent to an activating group) is 1. The van der Waals surface area contributed by atoms with Gasteiger partial charge in [0.25, 0.3) is 10.0 Å². The monoisotopic (exact) mass is 577 g/mol. The van der Waals surface area contributed by atoms with Gasteiger partial charge in [0, 0.05) is 23.6 Å². The number of nitrogens with one attached hydrogen (secondary N) is 1. The molecule has 0 saturated carbocycles. The minimum Gasteiger partial charge on any atom is -0.495 e. The van der Waals surface area contributed by atoms with Gasteiger partial charge in [-0.05, 0) is 61.4 Å². The van der Waals surface area contributed by atoms with Gasteiger partial charge >= 0.3 is 0 Å². The van der Waals surface area contributed by atoms with E-state index in [0.717, 1.165) is 9.87 Å². The van der Waals surface area contributed by atoms with Crippen molar-refractivity contribution in [2.75, 3.05) is 25.0 Å². The third kappa shape index (κ3) is 6.59. The molecule has 11 heteroatoms. The smallest absolute Gasteiger partial charge is 0.264 e. The molecule has 0 spiro atoms. The average Bonchev–Trinajstić information content (AvgIpc) is 2.90. The van der Waals surface area contributed by atoms with Crippen molar-refractivity contribution < 1.29 is 22.7 Å². The first kappa shape index (κ1) is 29.3. The Morgan fingerprint density at radius 3 is 2.32 bits per heavy atom. The summed E-state index contributed by atoms with van der Waals surface area (Å²) >= 11 is 12.4. The van der Waals surface area contributed by atoms with Crippen molar-refractivity contribution in [3.63, 3.8) is 0 Å². The molecule has 0 saturated heterocycles. The molecule has 0 unspecified atom stereocenters. The number of rotatable bonds is 10. The normalized spacial score (nSPS) is 11.9. The Kier molecular flexibility index (Phi) is 9.65. The molecule has 1 atom stereocenters. The van der Waals surface area contributed by atoms with Crippen LogP contribution in [-0.4, -0.2) is 51.9 Å². The predicted molar refractivity (Wildman–Crippen MR) is 149 cm³/mol. The van der Waals surface area contributed by atoms with Gasteiger partial charge in [-0.3, -0.25) is 13.9 Å². The summed E-state index contributed by atoms with van der Waals surface area (Å²) in [6.45, 7) is 2.72. The molecule has 0 fully saturated rings. The van der Waals surface area contributed by atoms with Gasteiger partial charge in [0.1, 0.15) is 18.3 Å². The van der Waals surface area contributed by atoms with Crippen molar-refractivity contribution in [1.29, 1.82) is 0 Å². The van der Waals surface area contributed by atoms with Crippen LogP contribution in [0, 0.1) is 6.92 Å². The molecule has 0 heterocycles. The van der Waals surface area contributed by atoms with E-state index in [0.29, 0.717) is 15.6 Å². The lowest BCUT2D eigenvalue weighted by Gasteiger charge is -2.32. The molecule has 0 aromatic heterocycles. The maximum atomic E-state index is 13.9. The number of sulfonamides is 1. The summed E-state index contributed by atoms with van der Waals surface area (Å²) in [5, 5.41) is 3.27. The number of methoxy groups -OCH3 is 1. The van der Waals surface area contributed by atoms with Crippen LogP contribution in [0.2, 0.25) is 10.0 Å². The van der Waals surface area contributed by atoms with Crippen LogP contribution in [0.5, 0.6) is 5.75 Å². The molecule has 38 heavy (non-hydrogen) atoms. The number of aryl methyl sites for hydroxylation is 1. The predicted octanol–water partition coefficient (Wildman–Crippen LogP) is 4.67. The van der Waals surface area contributed by atoms with E-state index in [1.54, 1.807) is 62.4 Å². The highest BCUT2D eigenvalue weighted by Gasteiger charge is 2.33. The van der Waals surface area contributed by atoms with Gasteiger partial charge in [0.05, 0.1) is 17.7 Å². The average molecular weight is 579 g/mol. The first-order chi connectivity index (χ1) is 18.0. The fraction of sp³-hybridized carbons (Fsp3) is 0.259. The molecule has 0 aliphatic heterocycles. The molecule has 0 radical (unpaired) electrons. The van der Waals surface area contributed by atoms with Crippen LogP contribution in [0.3, 0.4) is 0 Å². The number of benzene rings is 3. The maximum Gasteiger partial charge on any atom is 0.264 e. The van der Waals surface area contributed by atoms with E-state index >= 15 is 0 Å². The van der Waals surface area contributed by atoms with Crippen LogP contribution < -0.4 is 14.4 Å². The molecular weight excluding hydrogens is 549 g/mol. The molecule has 0 aliphatic rings. The zero-order chi connectivity index (χ0) is 28.0. The van der Waals surface area contributed by atoms with Crippen molar-refractivity contribution in [3.05, 3.63) is 87.9 Å². The Bertz CT molecular complexity index is 1420. The van der Waals surface area contributed by atoms with Gasteiger partial charge in [0.15, 0.2) is 0 Å². The summed E-state index contributed by atoms with van der Waals surface area (Å²) in [5.74, 6) is -0.765. The lowest BCUT2D eigenvalue weighted by molar-refractivity contribution is -0.139. The van der Waals surface area contributed by atoms with Crippen molar-refractivity contribution in [3.8, 4) is 5.75 Å². The number of nitrogens with zero attached hydrogens (tertiary/aromatic N) is 2. The molecular formula is C27H29Cl2N3O5S. The van der Waals surface area contributed by atoms with Crippen LogP contribution in [0.4, 0.5) is 5.69 Å².